The van der Waals surface area contributed by atoms with Gasteiger partial charge in [-0.05, 0) is 71.1 Å². The fourth-order valence-electron chi connectivity index (χ4n) is 2.73. The van der Waals surface area contributed by atoms with Crippen LogP contribution in [0.15, 0.2) is 0 Å². The molecule has 2 fully saturated rings. The molecule has 0 aromatic heterocycles. The van der Waals surface area contributed by atoms with Crippen LogP contribution in [-0.2, 0) is 4.79 Å². The van der Waals surface area contributed by atoms with E-state index in [0.29, 0.717) is 12.5 Å². The summed E-state index contributed by atoms with van der Waals surface area (Å²) in [6, 6.07) is -0.263. The van der Waals surface area contributed by atoms with Crippen molar-refractivity contribution in [3.05, 3.63) is 0 Å². The zero-order chi connectivity index (χ0) is 15.8. The van der Waals surface area contributed by atoms with Gasteiger partial charge >= 0.3 is 12.0 Å². The van der Waals surface area contributed by atoms with Crippen LogP contribution in [0.2, 0.25) is 0 Å². The van der Waals surface area contributed by atoms with Crippen LogP contribution in [0.1, 0.15) is 53.4 Å². The van der Waals surface area contributed by atoms with Crippen LogP contribution in [0.25, 0.3) is 0 Å². The number of amides is 2. The number of carbonyl (C=O) groups excluding carboxylic acids is 1. The lowest BCUT2D eigenvalue weighted by atomic mass is 9.74. The highest BCUT2D eigenvalue weighted by Gasteiger charge is 2.45. The fraction of sp³-hybridized carbons (Fsp3) is 0.875. The number of aliphatic carboxylic acids is 1. The Morgan fingerprint density at radius 1 is 1.10 bits per heavy atom. The molecule has 0 atom stereocenters. The molecule has 2 rings (SSSR count). The molecule has 2 amide bonds. The summed E-state index contributed by atoms with van der Waals surface area (Å²) in [5, 5.41) is 15.1. The summed E-state index contributed by atoms with van der Waals surface area (Å²) in [5.74, 6) is 1.29. The number of carbonyl (C=O) groups is 2. The Balaban J connectivity index is 1.84. The van der Waals surface area contributed by atoms with E-state index in [1.54, 1.807) is 27.7 Å². The zero-order valence-electron chi connectivity index (χ0n) is 13.5. The summed E-state index contributed by atoms with van der Waals surface area (Å²) < 4.78 is 0. The Bertz CT molecular complexity index is 411. The smallest absolute Gasteiger partial charge is 0.315 e. The number of urea groups is 1. The van der Waals surface area contributed by atoms with Gasteiger partial charge in [-0.15, -0.1) is 0 Å². The highest BCUT2D eigenvalue weighted by molar-refractivity contribution is 5.79. The van der Waals surface area contributed by atoms with Gasteiger partial charge in [-0.1, -0.05) is 0 Å². The van der Waals surface area contributed by atoms with Gasteiger partial charge in [0.25, 0.3) is 0 Å². The number of carboxylic acids is 1. The summed E-state index contributed by atoms with van der Waals surface area (Å²) in [6.07, 6.45) is 5.17. The summed E-state index contributed by atoms with van der Waals surface area (Å²) in [7, 11) is 0. The van der Waals surface area contributed by atoms with Crippen LogP contribution < -0.4 is 10.6 Å². The SMILES string of the molecule is CC(C)(NC(=O)NCC(C1CC1)C1CC1)C(C)(C)C(=O)O. The van der Waals surface area contributed by atoms with E-state index in [0.717, 1.165) is 11.8 Å². The number of hydrogen-bond donors (Lipinski definition) is 3. The van der Waals surface area contributed by atoms with Gasteiger partial charge in [0.1, 0.15) is 0 Å². The highest BCUT2D eigenvalue weighted by Crippen LogP contribution is 2.48. The van der Waals surface area contributed by atoms with E-state index in [1.165, 1.54) is 25.7 Å². The second kappa shape index (κ2) is 5.50. The van der Waals surface area contributed by atoms with Crippen LogP contribution >= 0.6 is 0 Å². The van der Waals surface area contributed by atoms with Crippen molar-refractivity contribution in [1.29, 1.82) is 0 Å². The average Bonchev–Trinajstić information content (AvgIpc) is 3.22. The quantitative estimate of drug-likeness (QED) is 0.675. The van der Waals surface area contributed by atoms with E-state index in [4.69, 9.17) is 0 Å². The molecule has 2 aliphatic rings. The van der Waals surface area contributed by atoms with E-state index < -0.39 is 16.9 Å². The van der Waals surface area contributed by atoms with E-state index in [9.17, 15) is 14.7 Å². The normalized spacial score (nSPS) is 19.5. The molecular weight excluding hydrogens is 268 g/mol. The van der Waals surface area contributed by atoms with E-state index in [2.05, 4.69) is 10.6 Å². The Morgan fingerprint density at radius 2 is 1.57 bits per heavy atom. The van der Waals surface area contributed by atoms with Crippen LogP contribution in [0.4, 0.5) is 4.79 Å². The number of carboxylic acid groups (broad SMARTS) is 1. The molecule has 0 aliphatic heterocycles. The van der Waals surface area contributed by atoms with Gasteiger partial charge in [0.2, 0.25) is 0 Å². The Labute approximate surface area is 126 Å². The monoisotopic (exact) mass is 296 g/mol. The lowest BCUT2D eigenvalue weighted by molar-refractivity contribution is -0.150. The first-order chi connectivity index (χ1) is 9.65. The van der Waals surface area contributed by atoms with Gasteiger partial charge in [-0.25, -0.2) is 4.79 Å². The van der Waals surface area contributed by atoms with Crippen LogP contribution in [0.3, 0.4) is 0 Å². The first-order valence-corrected chi connectivity index (χ1v) is 7.94. The second-order valence-electron chi connectivity index (χ2n) is 7.73. The molecule has 2 aliphatic carbocycles. The summed E-state index contributed by atoms with van der Waals surface area (Å²) >= 11 is 0. The van der Waals surface area contributed by atoms with Gasteiger partial charge in [0.05, 0.1) is 11.0 Å². The molecule has 2 saturated carbocycles. The molecule has 0 aromatic carbocycles. The zero-order valence-corrected chi connectivity index (χ0v) is 13.5. The number of nitrogens with one attached hydrogen (secondary N) is 2. The second-order valence-corrected chi connectivity index (χ2v) is 7.73. The highest BCUT2D eigenvalue weighted by atomic mass is 16.4. The van der Waals surface area contributed by atoms with Gasteiger partial charge in [0.15, 0.2) is 0 Å². The van der Waals surface area contributed by atoms with Gasteiger partial charge in [-0.2, -0.15) is 0 Å². The minimum absolute atomic E-state index is 0.263. The molecule has 0 spiro atoms. The summed E-state index contributed by atoms with van der Waals surface area (Å²) in [5.41, 5.74) is -1.85. The first-order valence-electron chi connectivity index (χ1n) is 7.94. The Morgan fingerprint density at radius 3 is 1.95 bits per heavy atom. The van der Waals surface area contributed by atoms with Crippen molar-refractivity contribution in [2.75, 3.05) is 6.54 Å². The number of rotatable bonds is 7. The van der Waals surface area contributed by atoms with Gasteiger partial charge in [0, 0.05) is 6.54 Å². The predicted molar refractivity (Wildman–Crippen MR) is 81.0 cm³/mol. The molecule has 0 saturated heterocycles. The molecule has 21 heavy (non-hydrogen) atoms. The maximum absolute atomic E-state index is 12.1. The standard InChI is InChI=1S/C16H28N2O3/c1-15(2,13(19)20)16(3,4)18-14(21)17-9-12(10-5-6-10)11-7-8-11/h10-12H,5-9H2,1-4H3,(H,19,20)(H2,17,18,21). The molecule has 0 radical (unpaired) electrons. The molecule has 0 heterocycles. The maximum Gasteiger partial charge on any atom is 0.315 e. The van der Waals surface area contributed by atoms with Crippen molar-refractivity contribution >= 4 is 12.0 Å². The topological polar surface area (TPSA) is 78.4 Å². The average molecular weight is 296 g/mol. The first kappa shape index (κ1) is 16.1. The number of hydrogen-bond acceptors (Lipinski definition) is 2. The van der Waals surface area contributed by atoms with Crippen molar-refractivity contribution in [2.24, 2.45) is 23.2 Å². The van der Waals surface area contributed by atoms with Crippen LogP contribution in [0.5, 0.6) is 0 Å². The largest absolute Gasteiger partial charge is 0.481 e. The summed E-state index contributed by atoms with van der Waals surface area (Å²) in [6.45, 7) is 7.48. The lowest BCUT2D eigenvalue weighted by Gasteiger charge is -2.38. The van der Waals surface area contributed by atoms with Gasteiger partial charge in [-0.3, -0.25) is 4.79 Å². The molecule has 0 bridgehead atoms. The third-order valence-electron chi connectivity index (χ3n) is 5.48. The minimum atomic E-state index is -1.03. The molecule has 0 aromatic rings. The van der Waals surface area contributed by atoms with Gasteiger partial charge < -0.3 is 15.7 Å². The molecule has 3 N–H and O–H groups in total. The maximum atomic E-state index is 12.1. The predicted octanol–water partition coefficient (Wildman–Crippen LogP) is 2.61. The fourth-order valence-corrected chi connectivity index (χ4v) is 2.73. The van der Waals surface area contributed by atoms with Crippen molar-refractivity contribution in [2.45, 2.75) is 58.9 Å². The minimum Gasteiger partial charge on any atom is -0.481 e. The van der Waals surface area contributed by atoms with E-state index >= 15 is 0 Å². The van der Waals surface area contributed by atoms with Crippen molar-refractivity contribution in [3.63, 3.8) is 0 Å². The van der Waals surface area contributed by atoms with Crippen LogP contribution in [0, 0.1) is 23.2 Å². The van der Waals surface area contributed by atoms with E-state index in [1.807, 2.05) is 0 Å². The van der Waals surface area contributed by atoms with Crippen molar-refractivity contribution in [1.82, 2.24) is 10.6 Å². The van der Waals surface area contributed by atoms with Crippen LogP contribution in [-0.4, -0.2) is 29.2 Å². The third-order valence-corrected chi connectivity index (χ3v) is 5.48. The molecule has 5 heteroatoms. The van der Waals surface area contributed by atoms with Crippen molar-refractivity contribution < 1.29 is 14.7 Å². The molecule has 5 nitrogen and oxygen atoms in total. The molecule has 0 unspecified atom stereocenters. The lowest BCUT2D eigenvalue weighted by Crippen LogP contribution is -2.59. The summed E-state index contributed by atoms with van der Waals surface area (Å²) in [4.78, 5) is 23.4. The molecule has 120 valence electrons. The molecular formula is C16H28N2O3. The third kappa shape index (κ3) is 3.69. The Kier molecular flexibility index (Phi) is 4.22. The van der Waals surface area contributed by atoms with Crippen molar-refractivity contribution in [3.8, 4) is 0 Å². The Hall–Kier alpha value is -1.26. The van der Waals surface area contributed by atoms with E-state index in [-0.39, 0.29) is 6.03 Å².